The molecule has 0 radical (unpaired) electrons. The topological polar surface area (TPSA) is 106 Å². The summed E-state index contributed by atoms with van der Waals surface area (Å²) in [6, 6.07) is 9.30. The number of ketones is 1. The number of aromatic nitrogens is 3. The monoisotopic (exact) mass is 450 g/mol. The Labute approximate surface area is 189 Å². The molecule has 0 saturated carbocycles. The predicted octanol–water partition coefficient (Wildman–Crippen LogP) is 4.08. The minimum atomic E-state index is -0.872. The van der Waals surface area contributed by atoms with E-state index in [1.807, 2.05) is 20.8 Å². The number of benzene rings is 1. The number of anilines is 1. The van der Waals surface area contributed by atoms with E-state index in [2.05, 4.69) is 15.2 Å². The van der Waals surface area contributed by atoms with Gasteiger partial charge in [-0.05, 0) is 42.8 Å². The van der Waals surface area contributed by atoms with Gasteiger partial charge < -0.3 is 9.84 Å². The third-order valence-corrected chi connectivity index (χ3v) is 6.24. The fraction of sp³-hybridized carbons (Fsp3) is 0.261. The highest BCUT2D eigenvalue weighted by atomic mass is 32.1. The summed E-state index contributed by atoms with van der Waals surface area (Å²) in [6.07, 6.45) is 3.17. The number of aliphatic hydroxyl groups is 1. The molecule has 1 N–H and O–H groups in total. The van der Waals surface area contributed by atoms with Crippen LogP contribution in [0.5, 0.6) is 5.75 Å². The van der Waals surface area contributed by atoms with E-state index in [0.29, 0.717) is 28.6 Å². The molecule has 1 saturated heterocycles. The summed E-state index contributed by atoms with van der Waals surface area (Å²) in [5.74, 6) is -1.05. The van der Waals surface area contributed by atoms with E-state index in [4.69, 9.17) is 4.74 Å². The molecule has 4 rings (SSSR count). The lowest BCUT2D eigenvalue weighted by molar-refractivity contribution is -0.132. The van der Waals surface area contributed by atoms with Crippen molar-refractivity contribution >= 4 is 33.9 Å². The van der Waals surface area contributed by atoms with Crippen molar-refractivity contribution in [2.45, 2.75) is 32.7 Å². The summed E-state index contributed by atoms with van der Waals surface area (Å²) in [6.45, 7) is 6.34. The number of pyridine rings is 1. The summed E-state index contributed by atoms with van der Waals surface area (Å²) in [4.78, 5) is 31.6. The number of carbonyl (C=O) groups excluding carboxylic acids is 2. The number of rotatable bonds is 6. The van der Waals surface area contributed by atoms with Crippen molar-refractivity contribution in [1.82, 2.24) is 15.2 Å². The van der Waals surface area contributed by atoms with Crippen LogP contribution in [0, 0.1) is 0 Å². The van der Waals surface area contributed by atoms with Crippen LogP contribution in [0.4, 0.5) is 5.13 Å². The average molecular weight is 451 g/mol. The average Bonchev–Trinajstić information content (AvgIpc) is 3.38. The third kappa shape index (κ3) is 3.87. The van der Waals surface area contributed by atoms with Gasteiger partial charge in [-0.2, -0.15) is 0 Å². The zero-order valence-electron chi connectivity index (χ0n) is 17.8. The Balaban J connectivity index is 1.85. The zero-order valence-corrected chi connectivity index (χ0v) is 18.7. The first kappa shape index (κ1) is 21.6. The van der Waals surface area contributed by atoms with Crippen LogP contribution in [-0.2, 0) is 9.59 Å². The van der Waals surface area contributed by atoms with E-state index in [1.54, 1.807) is 48.8 Å². The van der Waals surface area contributed by atoms with Gasteiger partial charge in [0.2, 0.25) is 5.13 Å². The van der Waals surface area contributed by atoms with Crippen LogP contribution in [0.2, 0.25) is 0 Å². The van der Waals surface area contributed by atoms with Crippen molar-refractivity contribution in [3.8, 4) is 5.75 Å². The standard InChI is InChI=1S/C23H22N4O4S/c1-4-31-16-9-7-14(8-10-16)19(28)17-18(15-6-5-11-24-12-15)27(22(30)20(17)29)23-26-25-21(32-23)13(2)3/h5-13,18,28H,4H2,1-3H3/t18-/m0/s1. The van der Waals surface area contributed by atoms with Crippen LogP contribution in [0.3, 0.4) is 0 Å². The smallest absolute Gasteiger partial charge is 0.301 e. The molecule has 3 aromatic rings. The number of hydrogen-bond acceptors (Lipinski definition) is 8. The molecule has 0 spiro atoms. The van der Waals surface area contributed by atoms with E-state index in [1.165, 1.54) is 16.2 Å². The van der Waals surface area contributed by atoms with Gasteiger partial charge in [0, 0.05) is 23.9 Å². The predicted molar refractivity (Wildman–Crippen MR) is 121 cm³/mol. The summed E-state index contributed by atoms with van der Waals surface area (Å²) >= 11 is 1.25. The second-order valence-corrected chi connectivity index (χ2v) is 8.48. The summed E-state index contributed by atoms with van der Waals surface area (Å²) in [7, 11) is 0. The van der Waals surface area contributed by atoms with Gasteiger partial charge in [-0.3, -0.25) is 19.5 Å². The highest BCUT2D eigenvalue weighted by molar-refractivity contribution is 7.15. The Morgan fingerprint density at radius 3 is 2.53 bits per heavy atom. The number of carbonyl (C=O) groups is 2. The van der Waals surface area contributed by atoms with Crippen molar-refractivity contribution in [1.29, 1.82) is 0 Å². The lowest BCUT2D eigenvalue weighted by atomic mass is 9.96. The molecule has 1 atom stereocenters. The van der Waals surface area contributed by atoms with Crippen molar-refractivity contribution in [3.63, 3.8) is 0 Å². The summed E-state index contributed by atoms with van der Waals surface area (Å²) in [5, 5.41) is 20.5. The Morgan fingerprint density at radius 1 is 1.19 bits per heavy atom. The van der Waals surface area contributed by atoms with Gasteiger partial charge in [-0.25, -0.2) is 0 Å². The number of Topliss-reactive ketones (excluding diaryl/α,β-unsaturated/α-hetero) is 1. The van der Waals surface area contributed by atoms with Gasteiger partial charge in [0.05, 0.1) is 18.2 Å². The number of hydrogen-bond donors (Lipinski definition) is 1. The molecule has 0 aliphatic carbocycles. The van der Waals surface area contributed by atoms with E-state index in [-0.39, 0.29) is 17.3 Å². The normalized spacial score (nSPS) is 17.9. The molecule has 8 nitrogen and oxygen atoms in total. The number of amides is 1. The van der Waals surface area contributed by atoms with Crippen molar-refractivity contribution in [3.05, 3.63) is 70.5 Å². The maximum Gasteiger partial charge on any atom is 0.301 e. The lowest BCUT2D eigenvalue weighted by Crippen LogP contribution is -2.29. The molecular weight excluding hydrogens is 428 g/mol. The molecule has 1 aliphatic rings. The van der Waals surface area contributed by atoms with Crippen LogP contribution in [0.15, 0.2) is 54.4 Å². The van der Waals surface area contributed by atoms with Crippen LogP contribution >= 0.6 is 11.3 Å². The first-order valence-corrected chi connectivity index (χ1v) is 11.0. The fourth-order valence-corrected chi connectivity index (χ4v) is 4.34. The zero-order chi connectivity index (χ0) is 22.8. The van der Waals surface area contributed by atoms with Crippen LogP contribution < -0.4 is 9.64 Å². The van der Waals surface area contributed by atoms with Crippen molar-refractivity contribution < 1.29 is 19.4 Å². The molecule has 1 fully saturated rings. The van der Waals surface area contributed by atoms with Gasteiger partial charge >= 0.3 is 5.91 Å². The van der Waals surface area contributed by atoms with E-state index < -0.39 is 17.7 Å². The molecule has 32 heavy (non-hydrogen) atoms. The quantitative estimate of drug-likeness (QED) is 0.343. The maximum atomic E-state index is 13.1. The second-order valence-electron chi connectivity index (χ2n) is 7.49. The SMILES string of the molecule is CCOc1ccc(C(O)=C2C(=O)C(=O)N(c3nnc(C(C)C)s3)[C@H]2c2cccnc2)cc1. The highest BCUT2D eigenvalue weighted by Gasteiger charge is 2.48. The molecule has 164 valence electrons. The highest BCUT2D eigenvalue weighted by Crippen LogP contribution is 2.43. The first-order valence-electron chi connectivity index (χ1n) is 10.2. The number of aliphatic hydroxyl groups excluding tert-OH is 1. The van der Waals surface area contributed by atoms with Crippen LogP contribution in [0.25, 0.3) is 5.76 Å². The second kappa shape index (κ2) is 8.88. The fourth-order valence-electron chi connectivity index (χ4n) is 3.47. The molecule has 0 unspecified atom stereocenters. The van der Waals surface area contributed by atoms with E-state index in [9.17, 15) is 14.7 Å². The summed E-state index contributed by atoms with van der Waals surface area (Å²) in [5.41, 5.74) is 0.967. The molecule has 0 bridgehead atoms. The van der Waals surface area contributed by atoms with Gasteiger partial charge in [0.1, 0.15) is 16.5 Å². The summed E-state index contributed by atoms with van der Waals surface area (Å²) < 4.78 is 5.44. The van der Waals surface area contributed by atoms with Gasteiger partial charge in [-0.15, -0.1) is 10.2 Å². The number of ether oxygens (including phenoxy) is 1. The minimum absolute atomic E-state index is 0.0199. The van der Waals surface area contributed by atoms with Gasteiger partial charge in [0.15, 0.2) is 0 Å². The van der Waals surface area contributed by atoms with Crippen molar-refractivity contribution in [2.24, 2.45) is 0 Å². The van der Waals surface area contributed by atoms with Crippen LogP contribution in [-0.4, -0.2) is 38.6 Å². The molecule has 3 heterocycles. The Kier molecular flexibility index (Phi) is 6.00. The Hall–Kier alpha value is -3.59. The Bertz CT molecular complexity index is 1170. The lowest BCUT2D eigenvalue weighted by Gasteiger charge is -2.22. The molecule has 1 aliphatic heterocycles. The molecular formula is C23H22N4O4S. The molecule has 2 aromatic heterocycles. The minimum Gasteiger partial charge on any atom is -0.507 e. The third-order valence-electron chi connectivity index (χ3n) is 5.01. The molecule has 1 aromatic carbocycles. The van der Waals surface area contributed by atoms with E-state index in [0.717, 1.165) is 5.01 Å². The molecule has 1 amide bonds. The van der Waals surface area contributed by atoms with Gasteiger partial charge in [-0.1, -0.05) is 31.3 Å². The van der Waals surface area contributed by atoms with Gasteiger partial charge in [0.25, 0.3) is 5.78 Å². The van der Waals surface area contributed by atoms with Crippen LogP contribution in [0.1, 0.15) is 48.9 Å². The first-order chi connectivity index (χ1) is 15.4. The van der Waals surface area contributed by atoms with E-state index >= 15 is 0 Å². The maximum absolute atomic E-state index is 13.1. The Morgan fingerprint density at radius 2 is 1.94 bits per heavy atom. The molecule has 9 heteroatoms. The largest absolute Gasteiger partial charge is 0.507 e. The van der Waals surface area contributed by atoms with Crippen molar-refractivity contribution in [2.75, 3.05) is 11.5 Å². The number of nitrogens with zero attached hydrogens (tertiary/aromatic N) is 4.